The summed E-state index contributed by atoms with van der Waals surface area (Å²) in [5.74, 6) is -1.26. The molecule has 2 amide bonds. The fourth-order valence-corrected chi connectivity index (χ4v) is 6.49. The number of esters is 1. The van der Waals surface area contributed by atoms with Crippen LogP contribution in [-0.2, 0) is 14.3 Å². The molecule has 0 spiro atoms. The van der Waals surface area contributed by atoms with Crippen molar-refractivity contribution in [3.63, 3.8) is 0 Å². The highest BCUT2D eigenvalue weighted by molar-refractivity contribution is 9.09. The Hall–Kier alpha value is -2.67. The van der Waals surface area contributed by atoms with E-state index in [0.29, 0.717) is 11.3 Å². The smallest absolute Gasteiger partial charge is 0.310 e. The lowest BCUT2D eigenvalue weighted by Gasteiger charge is -2.27. The van der Waals surface area contributed by atoms with Gasteiger partial charge in [-0.2, -0.15) is 0 Å². The zero-order chi connectivity index (χ0) is 21.9. The summed E-state index contributed by atoms with van der Waals surface area (Å²) in [6.07, 6.45) is 0.719. The highest BCUT2D eigenvalue weighted by atomic mass is 79.9. The van der Waals surface area contributed by atoms with Gasteiger partial charge in [0.1, 0.15) is 6.10 Å². The molecule has 0 radical (unpaired) electrons. The zero-order valence-corrected chi connectivity index (χ0v) is 18.8. The molecule has 7 heteroatoms. The van der Waals surface area contributed by atoms with Crippen LogP contribution in [0.3, 0.4) is 0 Å². The predicted molar refractivity (Wildman–Crippen MR) is 120 cm³/mol. The molecule has 2 aromatic carbocycles. The molecule has 5 rings (SSSR count). The highest BCUT2D eigenvalue weighted by Crippen LogP contribution is 2.60. The molecule has 2 aromatic rings. The second kappa shape index (κ2) is 7.48. The van der Waals surface area contributed by atoms with Crippen LogP contribution < -0.4 is 10.6 Å². The Kier molecular flexibility index (Phi) is 4.88. The minimum Gasteiger partial charge on any atom is -0.461 e. The van der Waals surface area contributed by atoms with Crippen LogP contribution in [0.25, 0.3) is 0 Å². The lowest BCUT2D eigenvalue weighted by atomic mass is 9.79. The Morgan fingerprint density at radius 2 is 1.87 bits per heavy atom. The van der Waals surface area contributed by atoms with E-state index in [9.17, 15) is 14.4 Å². The van der Waals surface area contributed by atoms with Gasteiger partial charge in [0, 0.05) is 22.9 Å². The molecule has 2 saturated carbocycles. The van der Waals surface area contributed by atoms with E-state index < -0.39 is 5.92 Å². The van der Waals surface area contributed by atoms with Crippen LogP contribution in [0.5, 0.6) is 0 Å². The van der Waals surface area contributed by atoms with Crippen molar-refractivity contribution in [1.29, 1.82) is 0 Å². The predicted octanol–water partition coefficient (Wildman–Crippen LogP) is 4.07. The summed E-state index contributed by atoms with van der Waals surface area (Å²) < 4.78 is 5.49. The lowest BCUT2D eigenvalue weighted by molar-refractivity contribution is -0.145. The normalized spacial score (nSPS) is 30.2. The molecule has 2 aliphatic carbocycles. The standard InChI is InChI=1S/C24H23BrN2O4/c1-11-6-7-17(12(2)8-11)27-22(28)13-4-3-5-14(9-13)26-23(29)18-15-10-16-19(18)24(30)31-21(16)20(15)25/h3-9,15-16,18-21H,10H2,1-2H3,(H,26,29)(H,27,28)/t15-,16-,18-,19+,20-,21+/m1/s1. The van der Waals surface area contributed by atoms with Gasteiger partial charge in [-0.1, -0.05) is 39.7 Å². The van der Waals surface area contributed by atoms with Crippen molar-refractivity contribution in [2.45, 2.75) is 31.2 Å². The maximum Gasteiger partial charge on any atom is 0.310 e. The van der Waals surface area contributed by atoms with Crippen LogP contribution in [0, 0.1) is 37.5 Å². The SMILES string of the molecule is Cc1ccc(NC(=O)c2cccc(NC(=O)[C@@H]3[C@H]4C[C@H]5[C@H](OC(=O)[C@@H]53)[C@@H]4Br)c2)c(C)c1. The van der Waals surface area contributed by atoms with Gasteiger partial charge in [0.05, 0.1) is 16.7 Å². The number of rotatable bonds is 4. The molecule has 6 atom stereocenters. The Labute approximate surface area is 188 Å². The first-order valence-corrected chi connectivity index (χ1v) is 11.4. The van der Waals surface area contributed by atoms with Gasteiger partial charge >= 0.3 is 5.97 Å². The molecular formula is C24H23BrN2O4. The van der Waals surface area contributed by atoms with Crippen LogP contribution in [-0.4, -0.2) is 28.7 Å². The van der Waals surface area contributed by atoms with E-state index in [0.717, 1.165) is 23.2 Å². The summed E-state index contributed by atoms with van der Waals surface area (Å²) in [4.78, 5) is 38.2. The fraction of sp³-hybridized carbons (Fsp3) is 0.375. The molecule has 31 heavy (non-hydrogen) atoms. The summed E-state index contributed by atoms with van der Waals surface area (Å²) in [6, 6.07) is 12.7. The Balaban J connectivity index is 1.31. The van der Waals surface area contributed by atoms with Gasteiger partial charge in [0.25, 0.3) is 5.91 Å². The van der Waals surface area contributed by atoms with Crippen molar-refractivity contribution in [3.05, 3.63) is 59.2 Å². The largest absolute Gasteiger partial charge is 0.461 e. The van der Waals surface area contributed by atoms with Crippen molar-refractivity contribution < 1.29 is 19.1 Å². The molecule has 1 aliphatic heterocycles. The number of benzene rings is 2. The van der Waals surface area contributed by atoms with E-state index in [1.54, 1.807) is 24.3 Å². The first-order valence-electron chi connectivity index (χ1n) is 10.5. The molecule has 1 heterocycles. The van der Waals surface area contributed by atoms with Crippen LogP contribution in [0.2, 0.25) is 0 Å². The molecule has 2 N–H and O–H groups in total. The van der Waals surface area contributed by atoms with Crippen LogP contribution in [0.15, 0.2) is 42.5 Å². The van der Waals surface area contributed by atoms with E-state index >= 15 is 0 Å². The van der Waals surface area contributed by atoms with Crippen molar-refractivity contribution in [1.82, 2.24) is 0 Å². The average molecular weight is 483 g/mol. The third-order valence-electron chi connectivity index (χ3n) is 6.85. The molecule has 3 aliphatic rings. The topological polar surface area (TPSA) is 84.5 Å². The summed E-state index contributed by atoms with van der Waals surface area (Å²) in [7, 11) is 0. The number of carbonyl (C=O) groups excluding carboxylic acids is 3. The van der Waals surface area contributed by atoms with Crippen LogP contribution >= 0.6 is 15.9 Å². The van der Waals surface area contributed by atoms with Crippen molar-refractivity contribution in [2.24, 2.45) is 23.7 Å². The number of alkyl halides is 1. The quantitative estimate of drug-likeness (QED) is 0.508. The Bertz CT molecular complexity index is 1100. The molecule has 0 unspecified atom stereocenters. The number of amides is 2. The molecule has 2 bridgehead atoms. The van der Waals surface area contributed by atoms with E-state index in [1.807, 2.05) is 32.0 Å². The number of hydrogen-bond donors (Lipinski definition) is 2. The molecule has 160 valence electrons. The third kappa shape index (κ3) is 3.35. The van der Waals surface area contributed by atoms with Gasteiger partial charge in [-0.15, -0.1) is 0 Å². The molecule has 0 aromatic heterocycles. The number of ether oxygens (including phenoxy) is 1. The van der Waals surface area contributed by atoms with Gasteiger partial charge < -0.3 is 15.4 Å². The van der Waals surface area contributed by atoms with Gasteiger partial charge in [0.2, 0.25) is 5.91 Å². The van der Waals surface area contributed by atoms with Crippen LogP contribution in [0.1, 0.15) is 27.9 Å². The zero-order valence-electron chi connectivity index (χ0n) is 17.2. The summed E-state index contributed by atoms with van der Waals surface area (Å²) in [5.41, 5.74) is 3.85. The van der Waals surface area contributed by atoms with Crippen LogP contribution in [0.4, 0.5) is 11.4 Å². The summed E-state index contributed by atoms with van der Waals surface area (Å²) in [5, 5.41) is 5.85. The minimum absolute atomic E-state index is 0.0193. The number of anilines is 2. The first kappa shape index (κ1) is 20.2. The monoisotopic (exact) mass is 482 g/mol. The molecule has 3 fully saturated rings. The average Bonchev–Trinajstić information content (AvgIpc) is 3.34. The maximum atomic E-state index is 13.1. The number of fused-ring (bicyclic) bond motifs is 1. The number of carbonyl (C=O) groups is 3. The molecule has 1 saturated heterocycles. The Morgan fingerprint density at radius 3 is 2.65 bits per heavy atom. The lowest BCUT2D eigenvalue weighted by Crippen LogP contribution is -2.40. The highest BCUT2D eigenvalue weighted by Gasteiger charge is 2.67. The third-order valence-corrected chi connectivity index (χ3v) is 8.05. The second-order valence-corrected chi connectivity index (χ2v) is 9.86. The maximum absolute atomic E-state index is 13.1. The fourth-order valence-electron chi connectivity index (χ4n) is 5.44. The Morgan fingerprint density at radius 1 is 1.06 bits per heavy atom. The molecular weight excluding hydrogens is 460 g/mol. The van der Waals surface area contributed by atoms with Gasteiger partial charge in [-0.3, -0.25) is 14.4 Å². The summed E-state index contributed by atoms with van der Waals surface area (Å²) in [6.45, 7) is 3.95. The first-order chi connectivity index (χ1) is 14.8. The minimum atomic E-state index is -0.409. The number of hydrogen-bond acceptors (Lipinski definition) is 4. The van der Waals surface area contributed by atoms with Crippen molar-refractivity contribution in [3.8, 4) is 0 Å². The number of nitrogens with one attached hydrogen (secondary N) is 2. The summed E-state index contributed by atoms with van der Waals surface area (Å²) >= 11 is 3.63. The number of halogens is 1. The van der Waals surface area contributed by atoms with E-state index in [2.05, 4.69) is 26.6 Å². The van der Waals surface area contributed by atoms with E-state index in [1.165, 1.54) is 0 Å². The van der Waals surface area contributed by atoms with E-state index in [-0.39, 0.29) is 46.5 Å². The molecule has 6 nitrogen and oxygen atoms in total. The van der Waals surface area contributed by atoms with Crippen molar-refractivity contribution >= 4 is 45.1 Å². The second-order valence-electron chi connectivity index (χ2n) is 8.80. The van der Waals surface area contributed by atoms with Gasteiger partial charge in [0.15, 0.2) is 0 Å². The van der Waals surface area contributed by atoms with Gasteiger partial charge in [-0.05, 0) is 56.0 Å². The van der Waals surface area contributed by atoms with Gasteiger partial charge in [-0.25, -0.2) is 0 Å². The van der Waals surface area contributed by atoms with E-state index in [4.69, 9.17) is 4.74 Å². The van der Waals surface area contributed by atoms with Crippen molar-refractivity contribution in [2.75, 3.05) is 10.6 Å². The number of aryl methyl sites for hydroxylation is 2.